The lowest BCUT2D eigenvalue weighted by molar-refractivity contribution is -0.142. The highest BCUT2D eigenvalue weighted by Gasteiger charge is 2.28. The SMILES string of the molecule is CC(C)(NC(=O)Nc1ccc(C(C)(C)C)cc1)C(=O)O. The molecule has 1 aromatic carbocycles. The molecule has 0 bridgehead atoms. The Hall–Kier alpha value is -2.04. The number of carbonyl (C=O) groups excluding carboxylic acids is 1. The van der Waals surface area contributed by atoms with Gasteiger partial charge in [-0.15, -0.1) is 0 Å². The number of hydrogen-bond acceptors (Lipinski definition) is 2. The van der Waals surface area contributed by atoms with Gasteiger partial charge in [0.1, 0.15) is 5.54 Å². The predicted octanol–water partition coefficient (Wildman–Crippen LogP) is 2.97. The molecule has 5 heteroatoms. The lowest BCUT2D eigenvalue weighted by atomic mass is 9.87. The fourth-order valence-corrected chi connectivity index (χ4v) is 1.55. The molecule has 0 atom stereocenters. The summed E-state index contributed by atoms with van der Waals surface area (Å²) in [5, 5.41) is 14.0. The predicted molar refractivity (Wildman–Crippen MR) is 79.0 cm³/mol. The van der Waals surface area contributed by atoms with Crippen LogP contribution >= 0.6 is 0 Å². The number of urea groups is 1. The molecule has 0 radical (unpaired) electrons. The fourth-order valence-electron chi connectivity index (χ4n) is 1.55. The van der Waals surface area contributed by atoms with Crippen LogP contribution in [0.15, 0.2) is 24.3 Å². The highest BCUT2D eigenvalue weighted by atomic mass is 16.4. The first-order chi connectivity index (χ1) is 9.02. The van der Waals surface area contributed by atoms with Crippen LogP contribution in [-0.4, -0.2) is 22.6 Å². The number of anilines is 1. The summed E-state index contributed by atoms with van der Waals surface area (Å²) in [4.78, 5) is 22.7. The van der Waals surface area contributed by atoms with Crippen LogP contribution in [0.1, 0.15) is 40.2 Å². The van der Waals surface area contributed by atoms with Gasteiger partial charge >= 0.3 is 12.0 Å². The summed E-state index contributed by atoms with van der Waals surface area (Å²) in [6.07, 6.45) is 0. The molecule has 0 aromatic heterocycles. The van der Waals surface area contributed by atoms with Gasteiger partial charge in [-0.05, 0) is 37.0 Å². The van der Waals surface area contributed by atoms with Gasteiger partial charge in [0.2, 0.25) is 0 Å². The van der Waals surface area contributed by atoms with Crippen molar-refractivity contribution >= 4 is 17.7 Å². The highest BCUT2D eigenvalue weighted by Crippen LogP contribution is 2.23. The van der Waals surface area contributed by atoms with Crippen LogP contribution in [0.4, 0.5) is 10.5 Å². The lowest BCUT2D eigenvalue weighted by Crippen LogP contribution is -2.51. The Bertz CT molecular complexity index is 499. The Morgan fingerprint density at radius 3 is 1.90 bits per heavy atom. The van der Waals surface area contributed by atoms with Gasteiger partial charge in [-0.25, -0.2) is 9.59 Å². The number of amides is 2. The Morgan fingerprint density at radius 2 is 1.50 bits per heavy atom. The average molecular weight is 278 g/mol. The van der Waals surface area contributed by atoms with Gasteiger partial charge in [0, 0.05) is 5.69 Å². The van der Waals surface area contributed by atoms with Crippen LogP contribution in [0, 0.1) is 0 Å². The minimum Gasteiger partial charge on any atom is -0.480 e. The van der Waals surface area contributed by atoms with Crippen LogP contribution < -0.4 is 10.6 Å². The molecule has 20 heavy (non-hydrogen) atoms. The first-order valence-electron chi connectivity index (χ1n) is 6.45. The van der Waals surface area contributed by atoms with Crippen molar-refractivity contribution in [2.75, 3.05) is 5.32 Å². The van der Waals surface area contributed by atoms with Crippen LogP contribution in [0.2, 0.25) is 0 Å². The van der Waals surface area contributed by atoms with Gasteiger partial charge in [-0.1, -0.05) is 32.9 Å². The molecule has 0 heterocycles. The lowest BCUT2D eigenvalue weighted by Gasteiger charge is -2.22. The standard InChI is InChI=1S/C15H22N2O3/c1-14(2,3)10-6-8-11(9-7-10)16-13(20)17-15(4,5)12(18)19/h6-9H,1-5H3,(H,18,19)(H2,16,17,20). The summed E-state index contributed by atoms with van der Waals surface area (Å²) in [7, 11) is 0. The molecule has 0 unspecified atom stereocenters. The monoisotopic (exact) mass is 278 g/mol. The zero-order valence-corrected chi connectivity index (χ0v) is 12.6. The molecule has 0 fully saturated rings. The first kappa shape index (κ1) is 16.0. The van der Waals surface area contributed by atoms with Crippen molar-refractivity contribution < 1.29 is 14.7 Å². The summed E-state index contributed by atoms with van der Waals surface area (Å²) in [5.41, 5.74) is 0.521. The smallest absolute Gasteiger partial charge is 0.328 e. The third-order valence-electron chi connectivity index (χ3n) is 2.97. The molecule has 2 amide bonds. The van der Waals surface area contributed by atoms with Crippen molar-refractivity contribution in [3.63, 3.8) is 0 Å². The minimum atomic E-state index is -1.31. The quantitative estimate of drug-likeness (QED) is 0.795. The van der Waals surface area contributed by atoms with E-state index in [1.54, 1.807) is 12.1 Å². The first-order valence-corrected chi connectivity index (χ1v) is 6.45. The molecule has 0 aliphatic carbocycles. The van der Waals surface area contributed by atoms with Gasteiger partial charge in [-0.2, -0.15) is 0 Å². The zero-order chi connectivity index (χ0) is 15.6. The molecule has 5 nitrogen and oxygen atoms in total. The third-order valence-corrected chi connectivity index (χ3v) is 2.97. The summed E-state index contributed by atoms with van der Waals surface area (Å²) < 4.78 is 0. The number of carboxylic acids is 1. The number of benzene rings is 1. The maximum Gasteiger partial charge on any atom is 0.328 e. The fraction of sp³-hybridized carbons (Fsp3) is 0.467. The van der Waals surface area contributed by atoms with E-state index in [0.29, 0.717) is 5.69 Å². The largest absolute Gasteiger partial charge is 0.480 e. The van der Waals surface area contributed by atoms with Gasteiger partial charge in [0.15, 0.2) is 0 Å². The molecule has 0 saturated heterocycles. The van der Waals surface area contributed by atoms with Gasteiger partial charge < -0.3 is 15.7 Å². The van der Waals surface area contributed by atoms with Crippen molar-refractivity contribution in [3.05, 3.63) is 29.8 Å². The van der Waals surface area contributed by atoms with E-state index in [2.05, 4.69) is 31.4 Å². The second-order valence-electron chi connectivity index (χ2n) is 6.34. The van der Waals surface area contributed by atoms with Gasteiger partial charge in [0.25, 0.3) is 0 Å². The molecule has 1 rings (SSSR count). The van der Waals surface area contributed by atoms with E-state index in [1.807, 2.05) is 12.1 Å². The molecular formula is C15H22N2O3. The highest BCUT2D eigenvalue weighted by molar-refractivity contribution is 5.93. The molecule has 0 spiro atoms. The minimum absolute atomic E-state index is 0.0477. The third kappa shape index (κ3) is 4.26. The Kier molecular flexibility index (Phi) is 4.43. The molecular weight excluding hydrogens is 256 g/mol. The molecule has 1 aromatic rings. The number of hydrogen-bond donors (Lipinski definition) is 3. The second kappa shape index (κ2) is 5.53. The van der Waals surface area contributed by atoms with E-state index < -0.39 is 17.5 Å². The topological polar surface area (TPSA) is 78.4 Å². The van der Waals surface area contributed by atoms with Crippen molar-refractivity contribution in [1.82, 2.24) is 5.32 Å². The van der Waals surface area contributed by atoms with Crippen molar-refractivity contribution in [1.29, 1.82) is 0 Å². The molecule has 0 aliphatic rings. The average Bonchev–Trinajstić information content (AvgIpc) is 2.27. The number of carboxylic acid groups (broad SMARTS) is 1. The van der Waals surface area contributed by atoms with E-state index in [0.717, 1.165) is 5.56 Å². The van der Waals surface area contributed by atoms with E-state index in [4.69, 9.17) is 5.11 Å². The second-order valence-corrected chi connectivity index (χ2v) is 6.34. The number of rotatable bonds is 3. The molecule has 0 aliphatic heterocycles. The van der Waals surface area contributed by atoms with Crippen LogP contribution in [-0.2, 0) is 10.2 Å². The Balaban J connectivity index is 2.70. The van der Waals surface area contributed by atoms with Crippen LogP contribution in [0.25, 0.3) is 0 Å². The number of nitrogens with one attached hydrogen (secondary N) is 2. The maximum absolute atomic E-state index is 11.7. The molecule has 0 saturated carbocycles. The summed E-state index contributed by atoms with van der Waals surface area (Å²) in [6.45, 7) is 9.18. The van der Waals surface area contributed by atoms with E-state index in [-0.39, 0.29) is 5.41 Å². The Morgan fingerprint density at radius 1 is 1.00 bits per heavy atom. The summed E-state index contributed by atoms with van der Waals surface area (Å²) in [6, 6.07) is 6.94. The van der Waals surface area contributed by atoms with E-state index in [9.17, 15) is 9.59 Å². The van der Waals surface area contributed by atoms with Crippen molar-refractivity contribution in [3.8, 4) is 0 Å². The van der Waals surface area contributed by atoms with Crippen LogP contribution in [0.3, 0.4) is 0 Å². The maximum atomic E-state index is 11.7. The number of carbonyl (C=O) groups is 2. The van der Waals surface area contributed by atoms with E-state index in [1.165, 1.54) is 13.8 Å². The van der Waals surface area contributed by atoms with E-state index >= 15 is 0 Å². The van der Waals surface area contributed by atoms with Crippen molar-refractivity contribution in [2.45, 2.75) is 45.6 Å². The Labute approximate surface area is 119 Å². The summed E-state index contributed by atoms with van der Waals surface area (Å²) >= 11 is 0. The normalized spacial score (nSPS) is 11.8. The van der Waals surface area contributed by atoms with Crippen molar-refractivity contribution in [2.24, 2.45) is 0 Å². The van der Waals surface area contributed by atoms with Gasteiger partial charge in [-0.3, -0.25) is 0 Å². The summed E-state index contributed by atoms with van der Waals surface area (Å²) in [5.74, 6) is -1.09. The van der Waals surface area contributed by atoms with Gasteiger partial charge in [0.05, 0.1) is 0 Å². The molecule has 3 N–H and O–H groups in total. The van der Waals surface area contributed by atoms with Crippen LogP contribution in [0.5, 0.6) is 0 Å². The zero-order valence-electron chi connectivity index (χ0n) is 12.6. The molecule has 110 valence electrons. The number of aliphatic carboxylic acids is 1.